The molecule has 0 N–H and O–H groups in total. The molecule has 2 rings (SSSR count). The van der Waals surface area contributed by atoms with Gasteiger partial charge in [-0.1, -0.05) is 6.07 Å². The lowest BCUT2D eigenvalue weighted by Gasteiger charge is -2.16. The first kappa shape index (κ1) is 13.1. The number of hydrogen-bond donors (Lipinski definition) is 0. The van der Waals surface area contributed by atoms with Gasteiger partial charge in [-0.05, 0) is 18.4 Å². The van der Waals surface area contributed by atoms with Gasteiger partial charge in [0.25, 0.3) is 0 Å². The van der Waals surface area contributed by atoms with Gasteiger partial charge >= 0.3 is 0 Å². The zero-order valence-corrected chi connectivity index (χ0v) is 11.2. The monoisotopic (exact) mass is 268 g/mol. The number of rotatable bonds is 5. The standard InChI is InChI=1S/C13H17ClN2O2/c1-2-18-12-4-3-10(7-15-12)8-16-9-11(6-14)5-13(16)17/h3-4,7,11H,2,5-6,8-9H2,1H3. The molecule has 0 aromatic carbocycles. The lowest BCUT2D eigenvalue weighted by atomic mass is 10.1. The molecule has 0 bridgehead atoms. The summed E-state index contributed by atoms with van der Waals surface area (Å²) in [7, 11) is 0. The zero-order chi connectivity index (χ0) is 13.0. The van der Waals surface area contributed by atoms with Crippen LogP contribution < -0.4 is 4.74 Å². The lowest BCUT2D eigenvalue weighted by molar-refractivity contribution is -0.128. The summed E-state index contributed by atoms with van der Waals surface area (Å²) < 4.78 is 5.28. The molecule has 0 saturated carbocycles. The van der Waals surface area contributed by atoms with Gasteiger partial charge in [-0.2, -0.15) is 0 Å². The molecule has 5 heteroatoms. The summed E-state index contributed by atoms with van der Waals surface area (Å²) >= 11 is 5.79. The number of halogens is 1. The molecule has 18 heavy (non-hydrogen) atoms. The Morgan fingerprint density at radius 2 is 2.39 bits per heavy atom. The topological polar surface area (TPSA) is 42.4 Å². The summed E-state index contributed by atoms with van der Waals surface area (Å²) in [5.41, 5.74) is 1.02. The molecule has 1 fully saturated rings. The highest BCUT2D eigenvalue weighted by atomic mass is 35.5. The predicted molar refractivity (Wildman–Crippen MR) is 69.7 cm³/mol. The second-order valence-electron chi connectivity index (χ2n) is 4.44. The van der Waals surface area contributed by atoms with Gasteiger partial charge in [-0.3, -0.25) is 4.79 Å². The Bertz CT molecular complexity index is 408. The number of likely N-dealkylation sites (tertiary alicyclic amines) is 1. The number of hydrogen-bond acceptors (Lipinski definition) is 3. The molecule has 1 unspecified atom stereocenters. The van der Waals surface area contributed by atoms with Crippen molar-refractivity contribution in [1.29, 1.82) is 0 Å². The Morgan fingerprint density at radius 1 is 1.56 bits per heavy atom. The van der Waals surface area contributed by atoms with Crippen molar-refractivity contribution in [3.63, 3.8) is 0 Å². The van der Waals surface area contributed by atoms with Crippen LogP contribution in [0.25, 0.3) is 0 Å². The van der Waals surface area contributed by atoms with E-state index < -0.39 is 0 Å². The van der Waals surface area contributed by atoms with Gasteiger partial charge < -0.3 is 9.64 Å². The number of carbonyl (C=O) groups excluding carboxylic acids is 1. The van der Waals surface area contributed by atoms with E-state index in [1.807, 2.05) is 24.0 Å². The average Bonchev–Trinajstić information content (AvgIpc) is 2.73. The minimum absolute atomic E-state index is 0.175. The molecule has 1 saturated heterocycles. The number of carbonyl (C=O) groups is 1. The fraction of sp³-hybridized carbons (Fsp3) is 0.538. The number of aromatic nitrogens is 1. The Labute approximate surface area is 112 Å². The first-order chi connectivity index (χ1) is 8.72. The summed E-state index contributed by atoms with van der Waals surface area (Å²) in [5, 5.41) is 0. The van der Waals surface area contributed by atoms with Crippen LogP contribution in [0.4, 0.5) is 0 Å². The molecule has 1 aliphatic rings. The molecule has 0 spiro atoms. The second kappa shape index (κ2) is 6.05. The average molecular weight is 269 g/mol. The van der Waals surface area contributed by atoms with Gasteiger partial charge in [0, 0.05) is 37.7 Å². The van der Waals surface area contributed by atoms with Crippen molar-refractivity contribution >= 4 is 17.5 Å². The molecule has 0 aliphatic carbocycles. The normalized spacial score (nSPS) is 19.3. The minimum atomic E-state index is 0.175. The van der Waals surface area contributed by atoms with E-state index in [9.17, 15) is 4.79 Å². The first-order valence-corrected chi connectivity index (χ1v) is 6.67. The summed E-state index contributed by atoms with van der Waals surface area (Å²) in [6.07, 6.45) is 2.32. The molecule has 1 aromatic rings. The Balaban J connectivity index is 1.95. The quantitative estimate of drug-likeness (QED) is 0.768. The minimum Gasteiger partial charge on any atom is -0.478 e. The third kappa shape index (κ3) is 3.13. The summed E-state index contributed by atoms with van der Waals surface area (Å²) in [4.78, 5) is 17.8. The highest BCUT2D eigenvalue weighted by molar-refractivity contribution is 6.18. The van der Waals surface area contributed by atoms with E-state index in [0.717, 1.165) is 12.1 Å². The second-order valence-corrected chi connectivity index (χ2v) is 4.75. The number of pyridine rings is 1. The van der Waals surface area contributed by atoms with Crippen molar-refractivity contribution < 1.29 is 9.53 Å². The van der Waals surface area contributed by atoms with Crippen LogP contribution in [0.5, 0.6) is 5.88 Å². The van der Waals surface area contributed by atoms with E-state index in [4.69, 9.17) is 16.3 Å². The Morgan fingerprint density at radius 3 is 2.94 bits per heavy atom. The van der Waals surface area contributed by atoms with E-state index in [0.29, 0.717) is 31.3 Å². The van der Waals surface area contributed by atoms with Crippen molar-refractivity contribution in [2.24, 2.45) is 5.92 Å². The van der Waals surface area contributed by atoms with Crippen molar-refractivity contribution in [2.75, 3.05) is 19.0 Å². The number of nitrogens with zero attached hydrogens (tertiary/aromatic N) is 2. The molecule has 1 aliphatic heterocycles. The van der Waals surface area contributed by atoms with Gasteiger partial charge in [-0.15, -0.1) is 11.6 Å². The smallest absolute Gasteiger partial charge is 0.223 e. The van der Waals surface area contributed by atoms with Crippen molar-refractivity contribution in [2.45, 2.75) is 19.9 Å². The van der Waals surface area contributed by atoms with E-state index in [-0.39, 0.29) is 11.8 Å². The van der Waals surface area contributed by atoms with Crippen molar-refractivity contribution in [3.8, 4) is 5.88 Å². The molecule has 98 valence electrons. The highest BCUT2D eigenvalue weighted by Gasteiger charge is 2.28. The number of alkyl halides is 1. The molecule has 1 amide bonds. The molecule has 2 heterocycles. The summed E-state index contributed by atoms with van der Waals surface area (Å²) in [6, 6.07) is 3.78. The molecule has 1 atom stereocenters. The predicted octanol–water partition coefficient (Wildman–Crippen LogP) is 2.07. The van der Waals surface area contributed by atoms with Gasteiger partial charge in [0.1, 0.15) is 0 Å². The fourth-order valence-electron chi connectivity index (χ4n) is 2.07. The van der Waals surface area contributed by atoms with Crippen LogP contribution in [-0.2, 0) is 11.3 Å². The highest BCUT2D eigenvalue weighted by Crippen LogP contribution is 2.21. The van der Waals surface area contributed by atoms with Crippen LogP contribution in [0.2, 0.25) is 0 Å². The largest absolute Gasteiger partial charge is 0.478 e. The third-order valence-corrected chi connectivity index (χ3v) is 3.41. The van der Waals surface area contributed by atoms with Crippen LogP contribution in [0.1, 0.15) is 18.9 Å². The zero-order valence-electron chi connectivity index (χ0n) is 10.4. The molecular weight excluding hydrogens is 252 g/mol. The van der Waals surface area contributed by atoms with Gasteiger partial charge in [0.2, 0.25) is 11.8 Å². The first-order valence-electron chi connectivity index (χ1n) is 6.14. The third-order valence-electron chi connectivity index (χ3n) is 2.98. The van der Waals surface area contributed by atoms with Crippen LogP contribution >= 0.6 is 11.6 Å². The van der Waals surface area contributed by atoms with Crippen molar-refractivity contribution in [3.05, 3.63) is 23.9 Å². The Kier molecular flexibility index (Phi) is 4.42. The summed E-state index contributed by atoms with van der Waals surface area (Å²) in [5.74, 6) is 1.63. The lowest BCUT2D eigenvalue weighted by Crippen LogP contribution is -2.24. The van der Waals surface area contributed by atoms with Gasteiger partial charge in [0.05, 0.1) is 6.61 Å². The van der Waals surface area contributed by atoms with Crippen LogP contribution in [0.3, 0.4) is 0 Å². The Hall–Kier alpha value is -1.29. The van der Waals surface area contributed by atoms with Crippen molar-refractivity contribution in [1.82, 2.24) is 9.88 Å². The molecule has 0 radical (unpaired) electrons. The fourth-order valence-corrected chi connectivity index (χ4v) is 2.27. The van der Waals surface area contributed by atoms with Crippen LogP contribution in [-0.4, -0.2) is 34.8 Å². The maximum Gasteiger partial charge on any atom is 0.223 e. The van der Waals surface area contributed by atoms with Gasteiger partial charge in [0.15, 0.2) is 0 Å². The SMILES string of the molecule is CCOc1ccc(CN2CC(CCl)CC2=O)cn1. The summed E-state index contributed by atoms with van der Waals surface area (Å²) in [6.45, 7) is 3.88. The van der Waals surface area contributed by atoms with E-state index in [1.54, 1.807) is 6.20 Å². The number of ether oxygens (including phenoxy) is 1. The van der Waals surface area contributed by atoms with Crippen LogP contribution in [0, 0.1) is 5.92 Å². The van der Waals surface area contributed by atoms with E-state index in [2.05, 4.69) is 4.98 Å². The van der Waals surface area contributed by atoms with Gasteiger partial charge in [-0.25, -0.2) is 4.98 Å². The molecule has 1 aromatic heterocycles. The number of amides is 1. The maximum atomic E-state index is 11.7. The van der Waals surface area contributed by atoms with E-state index in [1.165, 1.54) is 0 Å². The molecular formula is C13H17ClN2O2. The molecule has 4 nitrogen and oxygen atoms in total. The van der Waals surface area contributed by atoms with Crippen LogP contribution in [0.15, 0.2) is 18.3 Å². The maximum absolute atomic E-state index is 11.7. The van der Waals surface area contributed by atoms with E-state index >= 15 is 0 Å².